The fraction of sp³-hybridized carbons (Fsp3) is 0. The first-order valence-electron chi connectivity index (χ1n) is 6.15. The summed E-state index contributed by atoms with van der Waals surface area (Å²) in [6.45, 7) is 0. The van der Waals surface area contributed by atoms with Crippen molar-refractivity contribution in [2.24, 2.45) is 0 Å². The third kappa shape index (κ3) is 1.48. The van der Waals surface area contributed by atoms with Crippen LogP contribution in [0, 0.1) is 0 Å². The zero-order chi connectivity index (χ0) is 12.9. The summed E-state index contributed by atoms with van der Waals surface area (Å²) < 4.78 is 1.35. The Morgan fingerprint density at radius 1 is 0.737 bits per heavy atom. The Kier molecular flexibility index (Phi) is 2.53. The second-order valence-electron chi connectivity index (χ2n) is 4.59. The molecule has 0 atom stereocenters. The van der Waals surface area contributed by atoms with Crippen LogP contribution >= 0.6 is 17.4 Å². The lowest BCUT2D eigenvalue weighted by Crippen LogP contribution is -2.17. The number of hydrogen-bond donors (Lipinski definition) is 0. The molecule has 2 heterocycles. The lowest BCUT2D eigenvalue weighted by Gasteiger charge is -2.17. The van der Waals surface area contributed by atoms with Crippen molar-refractivity contribution in [2.45, 2.75) is 0 Å². The second kappa shape index (κ2) is 4.14. The van der Waals surface area contributed by atoms with E-state index in [1.165, 1.54) is 26.4 Å². The summed E-state index contributed by atoms with van der Waals surface area (Å²) in [5.74, 6) is 0. The SMILES string of the molecule is S=P1(c2cccs2)c2ccccc2-c2ccccc21. The lowest BCUT2D eigenvalue weighted by molar-refractivity contribution is 1.71. The summed E-state index contributed by atoms with van der Waals surface area (Å²) in [5.41, 5.74) is 2.66. The average molecular weight is 298 g/mol. The molecular weight excluding hydrogens is 287 g/mol. The average Bonchev–Trinajstić information content (AvgIpc) is 3.08. The van der Waals surface area contributed by atoms with Crippen molar-refractivity contribution in [1.82, 2.24) is 0 Å². The molecule has 92 valence electrons. The van der Waals surface area contributed by atoms with E-state index in [-0.39, 0.29) is 0 Å². The highest BCUT2D eigenvalue weighted by atomic mass is 32.4. The minimum atomic E-state index is -1.80. The minimum Gasteiger partial charge on any atom is -0.143 e. The molecule has 0 radical (unpaired) electrons. The molecule has 1 aliphatic rings. The molecule has 0 N–H and O–H groups in total. The highest BCUT2D eigenvalue weighted by Crippen LogP contribution is 2.52. The van der Waals surface area contributed by atoms with Gasteiger partial charge in [-0.05, 0) is 22.6 Å². The molecule has 19 heavy (non-hydrogen) atoms. The molecule has 0 aliphatic carbocycles. The Morgan fingerprint density at radius 3 is 1.84 bits per heavy atom. The molecule has 3 aromatic rings. The molecule has 1 aromatic heterocycles. The van der Waals surface area contributed by atoms with E-state index in [1.54, 1.807) is 11.3 Å². The van der Waals surface area contributed by atoms with Crippen LogP contribution < -0.4 is 15.2 Å². The smallest absolute Gasteiger partial charge is 0.0487 e. The summed E-state index contributed by atoms with van der Waals surface area (Å²) in [6, 6.07) is 19.8. The van der Waals surface area contributed by atoms with Crippen LogP contribution in [0.2, 0.25) is 0 Å². The fourth-order valence-electron chi connectivity index (χ4n) is 2.77. The monoisotopic (exact) mass is 298 g/mol. The van der Waals surface area contributed by atoms with Crippen LogP contribution in [-0.4, -0.2) is 0 Å². The normalized spacial score (nSPS) is 14.9. The number of benzene rings is 2. The van der Waals surface area contributed by atoms with Crippen molar-refractivity contribution in [3.05, 3.63) is 66.0 Å². The van der Waals surface area contributed by atoms with Crippen LogP contribution in [0.3, 0.4) is 0 Å². The van der Waals surface area contributed by atoms with E-state index in [1.807, 2.05) is 0 Å². The molecule has 0 saturated heterocycles. The van der Waals surface area contributed by atoms with Gasteiger partial charge >= 0.3 is 0 Å². The summed E-state index contributed by atoms with van der Waals surface area (Å²) in [4.78, 5) is 0. The number of hydrogen-bond acceptors (Lipinski definition) is 2. The maximum absolute atomic E-state index is 6.22. The van der Waals surface area contributed by atoms with Crippen molar-refractivity contribution >= 4 is 44.4 Å². The Hall–Kier alpha value is -1.21. The number of fused-ring (bicyclic) bond motifs is 3. The molecule has 0 spiro atoms. The zero-order valence-corrected chi connectivity index (χ0v) is 12.6. The number of rotatable bonds is 1. The van der Waals surface area contributed by atoms with Gasteiger partial charge in [-0.2, -0.15) is 0 Å². The standard InChI is InChI=1S/C16H11PS2/c18-17(16-10-5-11-19-16)14-8-3-1-6-12(14)13-7-2-4-9-15(13)17/h1-11H. The van der Waals surface area contributed by atoms with Crippen LogP contribution in [0.1, 0.15) is 0 Å². The van der Waals surface area contributed by atoms with E-state index in [0.717, 1.165) is 0 Å². The van der Waals surface area contributed by atoms with Gasteiger partial charge in [0.1, 0.15) is 0 Å². The lowest BCUT2D eigenvalue weighted by atomic mass is 10.1. The Morgan fingerprint density at radius 2 is 1.32 bits per heavy atom. The molecule has 0 saturated carbocycles. The molecule has 4 rings (SSSR count). The first-order chi connectivity index (χ1) is 9.32. The van der Waals surface area contributed by atoms with Crippen LogP contribution in [0.15, 0.2) is 66.0 Å². The topological polar surface area (TPSA) is 0 Å². The van der Waals surface area contributed by atoms with E-state index < -0.39 is 6.04 Å². The molecule has 0 nitrogen and oxygen atoms in total. The highest BCUT2D eigenvalue weighted by Gasteiger charge is 2.35. The van der Waals surface area contributed by atoms with Gasteiger partial charge in [0.2, 0.25) is 0 Å². The molecule has 2 aromatic carbocycles. The molecule has 0 unspecified atom stereocenters. The summed E-state index contributed by atoms with van der Waals surface area (Å²) in [5, 5.41) is 4.84. The maximum atomic E-state index is 6.22. The van der Waals surface area contributed by atoms with E-state index in [9.17, 15) is 0 Å². The Balaban J connectivity index is 2.16. The molecular formula is C16H11PS2. The van der Waals surface area contributed by atoms with Crippen molar-refractivity contribution in [2.75, 3.05) is 0 Å². The highest BCUT2D eigenvalue weighted by molar-refractivity contribution is 8.27. The van der Waals surface area contributed by atoms with E-state index in [0.29, 0.717) is 0 Å². The van der Waals surface area contributed by atoms with Crippen LogP contribution in [0.25, 0.3) is 11.1 Å². The van der Waals surface area contributed by atoms with Gasteiger partial charge < -0.3 is 0 Å². The van der Waals surface area contributed by atoms with Crippen LogP contribution in [0.4, 0.5) is 0 Å². The van der Waals surface area contributed by atoms with Crippen molar-refractivity contribution in [1.29, 1.82) is 0 Å². The van der Waals surface area contributed by atoms with Gasteiger partial charge in [-0.15, -0.1) is 11.3 Å². The van der Waals surface area contributed by atoms with Gasteiger partial charge in [-0.3, -0.25) is 0 Å². The number of thiophene rings is 1. The van der Waals surface area contributed by atoms with Crippen molar-refractivity contribution in [3.63, 3.8) is 0 Å². The van der Waals surface area contributed by atoms with Gasteiger partial charge in [0.25, 0.3) is 0 Å². The molecule has 3 heteroatoms. The van der Waals surface area contributed by atoms with E-state index >= 15 is 0 Å². The summed E-state index contributed by atoms with van der Waals surface area (Å²) in [6.07, 6.45) is 0. The molecule has 1 aliphatic heterocycles. The van der Waals surface area contributed by atoms with E-state index in [2.05, 4.69) is 66.0 Å². The molecule has 0 fully saturated rings. The summed E-state index contributed by atoms with van der Waals surface area (Å²) in [7, 11) is 0. The summed E-state index contributed by atoms with van der Waals surface area (Å²) >= 11 is 8.01. The predicted octanol–water partition coefficient (Wildman–Crippen LogP) is 3.48. The van der Waals surface area contributed by atoms with Crippen LogP contribution in [-0.2, 0) is 11.8 Å². The molecule has 0 bridgehead atoms. The first kappa shape index (κ1) is 11.6. The Bertz CT molecular complexity index is 754. The van der Waals surface area contributed by atoms with Gasteiger partial charge in [-0.1, -0.05) is 66.4 Å². The van der Waals surface area contributed by atoms with Gasteiger partial charge in [0.05, 0.1) is 0 Å². The van der Waals surface area contributed by atoms with Gasteiger partial charge in [0, 0.05) is 21.3 Å². The zero-order valence-electron chi connectivity index (χ0n) is 10.1. The first-order valence-corrected chi connectivity index (χ1v) is 9.84. The largest absolute Gasteiger partial charge is 0.143 e. The Labute approximate surface area is 121 Å². The fourth-order valence-corrected chi connectivity index (χ4v) is 8.80. The van der Waals surface area contributed by atoms with E-state index in [4.69, 9.17) is 11.8 Å². The second-order valence-corrected chi connectivity index (χ2v) is 10.2. The van der Waals surface area contributed by atoms with Crippen molar-refractivity contribution in [3.8, 4) is 11.1 Å². The predicted molar refractivity (Wildman–Crippen MR) is 89.4 cm³/mol. The molecule has 0 amide bonds. The van der Waals surface area contributed by atoms with Gasteiger partial charge in [-0.25, -0.2) is 0 Å². The van der Waals surface area contributed by atoms with Crippen molar-refractivity contribution < 1.29 is 0 Å². The third-order valence-electron chi connectivity index (χ3n) is 3.59. The minimum absolute atomic E-state index is 1.33. The quantitative estimate of drug-likeness (QED) is 0.485. The maximum Gasteiger partial charge on any atom is 0.0487 e. The third-order valence-corrected chi connectivity index (χ3v) is 10.4. The van der Waals surface area contributed by atoms with Crippen LogP contribution in [0.5, 0.6) is 0 Å². The van der Waals surface area contributed by atoms with Gasteiger partial charge in [0.15, 0.2) is 0 Å².